The van der Waals surface area contributed by atoms with Crippen LogP contribution in [-0.4, -0.2) is 24.7 Å². The second-order valence-corrected chi connectivity index (χ2v) is 4.19. The Balaban J connectivity index is 2.35. The van der Waals surface area contributed by atoms with Gasteiger partial charge in [0.2, 0.25) is 5.28 Å². The largest absolute Gasteiger partial charge is 0.307 e. The summed E-state index contributed by atoms with van der Waals surface area (Å²) in [4.78, 5) is 17.7. The van der Waals surface area contributed by atoms with E-state index in [2.05, 4.69) is 15.1 Å². The Hall–Kier alpha value is -1.73. The minimum absolute atomic E-state index is 0.0439. The maximum Gasteiger partial charge on any atom is 0.307 e. The molecule has 94 valence electrons. The van der Waals surface area contributed by atoms with E-state index in [1.807, 2.05) is 0 Å². The Kier molecular flexibility index (Phi) is 3.44. The molecule has 18 heavy (non-hydrogen) atoms. The zero-order valence-corrected chi connectivity index (χ0v) is 10.6. The van der Waals surface area contributed by atoms with E-state index in [1.165, 1.54) is 23.3 Å². The molecule has 2 aromatic heterocycles. The normalized spacial score (nSPS) is 12.4. The molecule has 1 unspecified atom stereocenters. The Morgan fingerprint density at radius 3 is 2.72 bits per heavy atom. The van der Waals surface area contributed by atoms with Gasteiger partial charge in [-0.3, -0.25) is 14.8 Å². The lowest BCUT2D eigenvalue weighted by Crippen LogP contribution is -2.09. The van der Waals surface area contributed by atoms with Crippen LogP contribution in [0.15, 0.2) is 18.6 Å². The van der Waals surface area contributed by atoms with Gasteiger partial charge in [0, 0.05) is 11.8 Å². The van der Waals surface area contributed by atoms with Crippen molar-refractivity contribution >= 4 is 28.9 Å². The van der Waals surface area contributed by atoms with E-state index < -0.39 is 4.92 Å². The molecule has 2 rings (SSSR count). The predicted octanol–water partition coefficient (Wildman–Crippen LogP) is 2.50. The molecular formula is C9H7Cl2N5O2. The first-order chi connectivity index (χ1) is 8.49. The maximum atomic E-state index is 10.6. The summed E-state index contributed by atoms with van der Waals surface area (Å²) in [6.07, 6.45) is 3.95. The van der Waals surface area contributed by atoms with Crippen molar-refractivity contribution in [2.24, 2.45) is 0 Å². The molecule has 0 fully saturated rings. The van der Waals surface area contributed by atoms with Crippen molar-refractivity contribution in [3.8, 4) is 0 Å². The van der Waals surface area contributed by atoms with Crippen LogP contribution in [0.25, 0.3) is 0 Å². The summed E-state index contributed by atoms with van der Waals surface area (Å²) in [5, 5.41) is 14.7. The average molecular weight is 288 g/mol. The minimum Gasteiger partial charge on any atom is -0.258 e. The van der Waals surface area contributed by atoms with E-state index in [0.717, 1.165) is 0 Å². The standard InChI is InChI=1S/C9H7Cl2N5O2/c1-5(7-3-12-9(11)14-8(7)10)15-4-6(2-13-15)16(17)18/h2-5H,1H3. The number of nitro groups is 1. The van der Waals surface area contributed by atoms with E-state index >= 15 is 0 Å². The van der Waals surface area contributed by atoms with Crippen molar-refractivity contribution in [3.05, 3.63) is 44.7 Å². The molecule has 9 heteroatoms. The molecule has 0 amide bonds. The Morgan fingerprint density at radius 2 is 2.17 bits per heavy atom. The quantitative estimate of drug-likeness (QED) is 0.375. The van der Waals surface area contributed by atoms with E-state index in [-0.39, 0.29) is 22.2 Å². The molecular weight excluding hydrogens is 281 g/mol. The van der Waals surface area contributed by atoms with Gasteiger partial charge in [-0.05, 0) is 18.5 Å². The smallest absolute Gasteiger partial charge is 0.258 e. The first kappa shape index (κ1) is 12.7. The summed E-state index contributed by atoms with van der Waals surface area (Å²) in [5.41, 5.74) is 0.493. The van der Waals surface area contributed by atoms with Crippen LogP contribution >= 0.6 is 23.2 Å². The van der Waals surface area contributed by atoms with Crippen LogP contribution < -0.4 is 0 Å². The van der Waals surface area contributed by atoms with Crippen molar-refractivity contribution in [1.29, 1.82) is 0 Å². The third-order valence-corrected chi connectivity index (χ3v) is 2.87. The summed E-state index contributed by atoms with van der Waals surface area (Å²) in [5.74, 6) is 0. The van der Waals surface area contributed by atoms with Gasteiger partial charge < -0.3 is 0 Å². The number of hydrogen-bond acceptors (Lipinski definition) is 5. The van der Waals surface area contributed by atoms with Gasteiger partial charge in [0.25, 0.3) is 0 Å². The van der Waals surface area contributed by atoms with Gasteiger partial charge in [0.15, 0.2) is 0 Å². The highest BCUT2D eigenvalue weighted by Crippen LogP contribution is 2.25. The number of nitrogens with zero attached hydrogens (tertiary/aromatic N) is 5. The molecule has 2 heterocycles. The second kappa shape index (κ2) is 4.87. The molecule has 0 saturated carbocycles. The Bertz CT molecular complexity index is 600. The first-order valence-corrected chi connectivity index (χ1v) is 5.61. The zero-order valence-electron chi connectivity index (χ0n) is 9.12. The third kappa shape index (κ3) is 2.41. The van der Waals surface area contributed by atoms with Crippen LogP contribution in [0.1, 0.15) is 18.5 Å². The van der Waals surface area contributed by atoms with Gasteiger partial charge in [-0.1, -0.05) is 11.6 Å². The lowest BCUT2D eigenvalue weighted by atomic mass is 10.2. The van der Waals surface area contributed by atoms with Crippen LogP contribution in [0.2, 0.25) is 10.4 Å². The predicted molar refractivity (Wildman–Crippen MR) is 64.7 cm³/mol. The molecule has 0 N–H and O–H groups in total. The molecule has 0 aliphatic heterocycles. The molecule has 0 saturated heterocycles. The third-order valence-electron chi connectivity index (χ3n) is 2.38. The van der Waals surface area contributed by atoms with Gasteiger partial charge in [-0.15, -0.1) is 0 Å². The van der Waals surface area contributed by atoms with Crippen molar-refractivity contribution in [2.45, 2.75) is 13.0 Å². The Morgan fingerprint density at radius 1 is 1.44 bits per heavy atom. The second-order valence-electron chi connectivity index (χ2n) is 3.50. The van der Waals surface area contributed by atoms with Crippen molar-refractivity contribution < 1.29 is 4.92 Å². The monoisotopic (exact) mass is 287 g/mol. The number of halogens is 2. The van der Waals surface area contributed by atoms with Crippen molar-refractivity contribution in [1.82, 2.24) is 19.7 Å². The molecule has 7 nitrogen and oxygen atoms in total. The van der Waals surface area contributed by atoms with Crippen LogP contribution in [0.5, 0.6) is 0 Å². The number of aromatic nitrogens is 4. The lowest BCUT2D eigenvalue weighted by Gasteiger charge is -2.12. The van der Waals surface area contributed by atoms with E-state index in [4.69, 9.17) is 23.2 Å². The van der Waals surface area contributed by atoms with Crippen molar-refractivity contribution in [3.63, 3.8) is 0 Å². The number of hydrogen-bond donors (Lipinski definition) is 0. The zero-order chi connectivity index (χ0) is 13.3. The summed E-state index contributed by atoms with van der Waals surface area (Å²) in [7, 11) is 0. The van der Waals surface area contributed by atoms with Gasteiger partial charge in [0.1, 0.15) is 17.5 Å². The molecule has 0 aliphatic rings. The van der Waals surface area contributed by atoms with Crippen LogP contribution in [0, 0.1) is 10.1 Å². The topological polar surface area (TPSA) is 86.7 Å². The summed E-state index contributed by atoms with van der Waals surface area (Å²) >= 11 is 11.5. The molecule has 0 spiro atoms. The van der Waals surface area contributed by atoms with E-state index in [9.17, 15) is 10.1 Å². The van der Waals surface area contributed by atoms with Gasteiger partial charge in [0.05, 0.1) is 11.0 Å². The molecule has 0 radical (unpaired) electrons. The fraction of sp³-hybridized carbons (Fsp3) is 0.222. The first-order valence-electron chi connectivity index (χ1n) is 4.85. The van der Waals surface area contributed by atoms with Gasteiger partial charge in [-0.2, -0.15) is 5.10 Å². The molecule has 2 aromatic rings. The molecule has 0 bridgehead atoms. The van der Waals surface area contributed by atoms with Gasteiger partial charge in [-0.25, -0.2) is 9.97 Å². The maximum absolute atomic E-state index is 10.6. The van der Waals surface area contributed by atoms with E-state index in [0.29, 0.717) is 5.56 Å². The fourth-order valence-electron chi connectivity index (χ4n) is 1.41. The van der Waals surface area contributed by atoms with E-state index in [1.54, 1.807) is 6.92 Å². The fourth-order valence-corrected chi connectivity index (χ4v) is 1.87. The van der Waals surface area contributed by atoms with Crippen LogP contribution in [0.4, 0.5) is 5.69 Å². The highest BCUT2D eigenvalue weighted by atomic mass is 35.5. The molecule has 0 aliphatic carbocycles. The minimum atomic E-state index is -0.518. The average Bonchev–Trinajstić information content (AvgIpc) is 2.77. The highest BCUT2D eigenvalue weighted by Gasteiger charge is 2.17. The van der Waals surface area contributed by atoms with Crippen LogP contribution in [0.3, 0.4) is 0 Å². The summed E-state index contributed by atoms with van der Waals surface area (Å²) in [6.45, 7) is 1.77. The summed E-state index contributed by atoms with van der Waals surface area (Å²) < 4.78 is 1.41. The van der Waals surface area contributed by atoms with Crippen LogP contribution in [-0.2, 0) is 0 Å². The molecule has 1 atom stereocenters. The Labute approximate surface area is 112 Å². The lowest BCUT2D eigenvalue weighted by molar-refractivity contribution is -0.385. The molecule has 0 aromatic carbocycles. The summed E-state index contributed by atoms with van der Waals surface area (Å²) in [6, 6.07) is -0.330. The SMILES string of the molecule is CC(c1cnc(Cl)nc1Cl)n1cc([N+](=O)[O-])cn1. The number of rotatable bonds is 3. The van der Waals surface area contributed by atoms with Gasteiger partial charge >= 0.3 is 5.69 Å². The van der Waals surface area contributed by atoms with Crippen molar-refractivity contribution in [2.75, 3.05) is 0 Å². The highest BCUT2D eigenvalue weighted by molar-refractivity contribution is 6.32.